The molecule has 5 rings (SSSR count). The molecule has 0 saturated carbocycles. The minimum absolute atomic E-state index is 0.0469. The average molecular weight is 544 g/mol. The van der Waals surface area contributed by atoms with E-state index in [1.165, 1.54) is 17.7 Å². The Kier molecular flexibility index (Phi) is 9.42. The van der Waals surface area contributed by atoms with Crippen molar-refractivity contribution in [2.45, 2.75) is 76.3 Å². The van der Waals surface area contributed by atoms with Crippen LogP contribution in [0.2, 0.25) is 0 Å². The fourth-order valence-corrected chi connectivity index (χ4v) is 6.02. The quantitative estimate of drug-likeness (QED) is 0.361. The van der Waals surface area contributed by atoms with E-state index in [0.29, 0.717) is 50.3 Å². The molecule has 1 aromatic carbocycles. The van der Waals surface area contributed by atoms with Crippen LogP contribution in [-0.2, 0) is 33.7 Å². The highest BCUT2D eigenvalue weighted by Gasteiger charge is 2.37. The highest BCUT2D eigenvalue weighted by atomic mass is 19.1. The molecule has 0 bridgehead atoms. The number of likely N-dealkylation sites (tertiary alicyclic amines) is 1. The number of aryl methyl sites for hydroxylation is 2. The number of unbranched alkanes of at least 4 members (excludes halogenated alkanes) is 1. The van der Waals surface area contributed by atoms with E-state index in [4.69, 9.17) is 14.5 Å². The number of benzene rings is 1. The van der Waals surface area contributed by atoms with E-state index >= 15 is 4.39 Å². The van der Waals surface area contributed by atoms with E-state index < -0.39 is 24.0 Å². The largest absolute Gasteiger partial charge is 0.480 e. The van der Waals surface area contributed by atoms with E-state index in [0.717, 1.165) is 56.6 Å². The molecular formula is C30H39F2N3O4. The van der Waals surface area contributed by atoms with Gasteiger partial charge in [-0.05, 0) is 86.4 Å². The van der Waals surface area contributed by atoms with Gasteiger partial charge in [-0.25, -0.2) is 13.8 Å². The third-order valence-electron chi connectivity index (χ3n) is 8.25. The molecule has 39 heavy (non-hydrogen) atoms. The Morgan fingerprint density at radius 2 is 2.15 bits per heavy atom. The minimum Gasteiger partial charge on any atom is -0.480 e. The Labute approximate surface area is 228 Å². The number of alkyl halides is 1. The lowest BCUT2D eigenvalue weighted by molar-refractivity contribution is -0.143. The van der Waals surface area contributed by atoms with Gasteiger partial charge in [0.05, 0.1) is 19.3 Å². The maximum absolute atomic E-state index is 15.2. The number of nitrogens with zero attached hydrogens (tertiary/aromatic N) is 2. The van der Waals surface area contributed by atoms with Crippen molar-refractivity contribution in [2.24, 2.45) is 5.92 Å². The number of carboxylic acid groups (broad SMARTS) is 1. The van der Waals surface area contributed by atoms with Crippen LogP contribution in [0.3, 0.4) is 0 Å². The van der Waals surface area contributed by atoms with Gasteiger partial charge in [0.15, 0.2) is 0 Å². The zero-order valence-electron chi connectivity index (χ0n) is 22.4. The summed E-state index contributed by atoms with van der Waals surface area (Å²) in [5.41, 5.74) is 3.32. The van der Waals surface area contributed by atoms with Crippen molar-refractivity contribution in [3.63, 3.8) is 0 Å². The molecule has 0 amide bonds. The third kappa shape index (κ3) is 7.13. The molecule has 4 atom stereocenters. The number of fused-ring (bicyclic) bond motifs is 1. The number of anilines is 1. The minimum atomic E-state index is -1.06. The van der Waals surface area contributed by atoms with Crippen molar-refractivity contribution in [3.05, 3.63) is 58.5 Å². The fraction of sp³-hybridized carbons (Fsp3) is 0.600. The molecule has 1 aromatic heterocycles. The molecule has 0 spiro atoms. The molecule has 7 nitrogen and oxygen atoms in total. The molecule has 3 aliphatic rings. The number of hydrogen-bond donors (Lipinski definition) is 2. The Morgan fingerprint density at radius 3 is 2.97 bits per heavy atom. The van der Waals surface area contributed by atoms with Crippen molar-refractivity contribution in [2.75, 3.05) is 38.2 Å². The second kappa shape index (κ2) is 13.2. The van der Waals surface area contributed by atoms with Crippen LogP contribution in [0.25, 0.3) is 0 Å². The van der Waals surface area contributed by atoms with Gasteiger partial charge in [-0.1, -0.05) is 18.6 Å². The molecule has 3 aliphatic heterocycles. The number of rotatable bonds is 12. The predicted octanol–water partition coefficient (Wildman–Crippen LogP) is 5.08. The van der Waals surface area contributed by atoms with Crippen LogP contribution in [0, 0.1) is 11.7 Å². The third-order valence-corrected chi connectivity index (χ3v) is 8.25. The molecule has 0 radical (unpaired) electrons. The van der Waals surface area contributed by atoms with E-state index in [1.807, 2.05) is 0 Å². The van der Waals surface area contributed by atoms with Crippen LogP contribution in [0.1, 0.15) is 67.0 Å². The van der Waals surface area contributed by atoms with Gasteiger partial charge in [-0.15, -0.1) is 0 Å². The van der Waals surface area contributed by atoms with Crippen LogP contribution in [0.15, 0.2) is 30.3 Å². The topological polar surface area (TPSA) is 83.9 Å². The number of carboxylic acids is 1. The smallest absolute Gasteiger partial charge is 0.325 e. The first-order valence-corrected chi connectivity index (χ1v) is 14.3. The first-order valence-electron chi connectivity index (χ1n) is 14.3. The summed E-state index contributed by atoms with van der Waals surface area (Å²) in [5.74, 6) is -0.801. The summed E-state index contributed by atoms with van der Waals surface area (Å²) < 4.78 is 40.7. The van der Waals surface area contributed by atoms with E-state index in [-0.39, 0.29) is 18.6 Å². The molecule has 2 fully saturated rings. The molecule has 2 aromatic rings. The highest BCUT2D eigenvalue weighted by Crippen LogP contribution is 2.34. The van der Waals surface area contributed by atoms with Crippen molar-refractivity contribution in [1.82, 2.24) is 9.88 Å². The summed E-state index contributed by atoms with van der Waals surface area (Å²) >= 11 is 0. The summed E-state index contributed by atoms with van der Waals surface area (Å²) in [5, 5.41) is 13.5. The molecule has 2 saturated heterocycles. The number of aliphatic carboxylic acids is 1. The van der Waals surface area contributed by atoms with Gasteiger partial charge in [-0.3, -0.25) is 9.69 Å². The van der Waals surface area contributed by atoms with Gasteiger partial charge in [0.25, 0.3) is 0 Å². The van der Waals surface area contributed by atoms with Crippen molar-refractivity contribution in [3.8, 4) is 0 Å². The lowest BCUT2D eigenvalue weighted by atomic mass is 9.96. The first-order chi connectivity index (χ1) is 19.0. The Bertz CT molecular complexity index is 1130. The highest BCUT2D eigenvalue weighted by molar-refractivity contribution is 5.76. The Morgan fingerprint density at radius 1 is 1.26 bits per heavy atom. The summed E-state index contributed by atoms with van der Waals surface area (Å²) in [7, 11) is 0. The van der Waals surface area contributed by atoms with Crippen LogP contribution in [0.4, 0.5) is 14.6 Å². The SMILES string of the molecule is O=C(O)[C@@H](c1cc(F)ccc1CO[C@@H]1CCOC1)N1CC[C@@H](C(F)CCCCc2ccc3c(n2)NCCC3)C1. The maximum Gasteiger partial charge on any atom is 0.325 e. The van der Waals surface area contributed by atoms with Crippen molar-refractivity contribution in [1.29, 1.82) is 0 Å². The van der Waals surface area contributed by atoms with E-state index in [1.54, 1.807) is 11.0 Å². The Hall–Kier alpha value is -2.62. The molecule has 0 aliphatic carbocycles. The second-order valence-electron chi connectivity index (χ2n) is 11.0. The maximum atomic E-state index is 15.2. The Balaban J connectivity index is 1.14. The number of aromatic nitrogens is 1. The molecular weight excluding hydrogens is 504 g/mol. The summed E-state index contributed by atoms with van der Waals surface area (Å²) in [4.78, 5) is 18.9. The van der Waals surface area contributed by atoms with Gasteiger partial charge in [-0.2, -0.15) is 0 Å². The molecule has 2 N–H and O–H groups in total. The molecule has 9 heteroatoms. The standard InChI is InChI=1S/C30H39F2N3O4/c31-23-9-7-22(18-39-25-12-15-38-19-25)26(16-23)28(30(36)37)35-14-11-21(17-35)27(32)6-2-1-5-24-10-8-20-4-3-13-33-29(20)34-24/h7-10,16,21,25,27-28H,1-6,11-15,17-19H2,(H,33,34)(H,36,37)/t21-,25-,27?,28-/m1/s1. The van der Waals surface area contributed by atoms with Gasteiger partial charge in [0.2, 0.25) is 0 Å². The van der Waals surface area contributed by atoms with E-state index in [2.05, 4.69) is 17.4 Å². The van der Waals surface area contributed by atoms with Crippen LogP contribution >= 0.6 is 0 Å². The summed E-state index contributed by atoms with van der Waals surface area (Å²) in [6, 6.07) is 7.38. The van der Waals surface area contributed by atoms with Crippen LogP contribution in [0.5, 0.6) is 0 Å². The number of carbonyl (C=O) groups is 1. The normalized spacial score (nSPS) is 22.8. The number of halogens is 2. The van der Waals surface area contributed by atoms with Crippen LogP contribution < -0.4 is 5.32 Å². The second-order valence-corrected chi connectivity index (χ2v) is 11.0. The zero-order valence-corrected chi connectivity index (χ0v) is 22.4. The number of hydrogen-bond acceptors (Lipinski definition) is 6. The van der Waals surface area contributed by atoms with E-state index in [9.17, 15) is 14.3 Å². The molecule has 212 valence electrons. The monoisotopic (exact) mass is 543 g/mol. The van der Waals surface area contributed by atoms with Gasteiger partial charge >= 0.3 is 5.97 Å². The predicted molar refractivity (Wildman–Crippen MR) is 144 cm³/mol. The number of pyridine rings is 1. The van der Waals surface area contributed by atoms with Crippen molar-refractivity contribution < 1.29 is 28.2 Å². The number of nitrogens with one attached hydrogen (secondary N) is 1. The summed E-state index contributed by atoms with van der Waals surface area (Å²) in [6.45, 7) is 3.08. The zero-order chi connectivity index (χ0) is 27.2. The fourth-order valence-electron chi connectivity index (χ4n) is 6.02. The molecule has 1 unspecified atom stereocenters. The molecule has 4 heterocycles. The van der Waals surface area contributed by atoms with Gasteiger partial charge < -0.3 is 19.9 Å². The van der Waals surface area contributed by atoms with Gasteiger partial charge in [0, 0.05) is 31.3 Å². The first kappa shape index (κ1) is 27.9. The van der Waals surface area contributed by atoms with Crippen molar-refractivity contribution >= 4 is 11.8 Å². The lowest BCUT2D eigenvalue weighted by Crippen LogP contribution is -2.34. The lowest BCUT2D eigenvalue weighted by Gasteiger charge is -2.27. The van der Waals surface area contributed by atoms with Gasteiger partial charge in [0.1, 0.15) is 23.8 Å². The average Bonchev–Trinajstić information content (AvgIpc) is 3.63. The van der Waals surface area contributed by atoms with Crippen LogP contribution in [-0.4, -0.2) is 66.1 Å². The number of ether oxygens (including phenoxy) is 2. The summed E-state index contributed by atoms with van der Waals surface area (Å²) in [6.07, 6.45) is 5.39.